The predicted molar refractivity (Wildman–Crippen MR) is 197 cm³/mol. The Balaban J connectivity index is 1.19. The number of benzene rings is 4. The number of nitrogens with zero attached hydrogens (tertiary/aromatic N) is 3. The lowest BCUT2D eigenvalue weighted by atomic mass is 9.70. The van der Waals surface area contributed by atoms with Crippen LogP contribution < -0.4 is 10.4 Å². The summed E-state index contributed by atoms with van der Waals surface area (Å²) in [6.07, 6.45) is 9.15. The minimum atomic E-state index is -0.173. The Labute approximate surface area is 282 Å². The molecule has 5 aromatic rings. The maximum atomic E-state index is 5.07. The second-order valence-electron chi connectivity index (χ2n) is 12.9. The van der Waals surface area contributed by atoms with E-state index >= 15 is 0 Å². The molecule has 3 aliphatic carbocycles. The van der Waals surface area contributed by atoms with Gasteiger partial charge >= 0.3 is 0 Å². The number of pyridine rings is 1. The van der Waals surface area contributed by atoms with Crippen molar-refractivity contribution in [2.75, 3.05) is 0 Å². The lowest BCUT2D eigenvalue weighted by molar-refractivity contribution is 0.689. The highest BCUT2D eigenvalue weighted by molar-refractivity contribution is 9.10. The molecule has 1 aromatic heterocycles. The molecule has 4 heteroatoms. The summed E-state index contributed by atoms with van der Waals surface area (Å²) in [6, 6.07) is 42.3. The Kier molecular flexibility index (Phi) is 6.31. The molecule has 47 heavy (non-hydrogen) atoms. The molecule has 3 nitrogen and oxygen atoms in total. The van der Waals surface area contributed by atoms with Gasteiger partial charge in [-0.15, -0.1) is 0 Å². The van der Waals surface area contributed by atoms with Gasteiger partial charge in [-0.3, -0.25) is 0 Å². The van der Waals surface area contributed by atoms with Gasteiger partial charge in [-0.05, 0) is 90.6 Å². The molecule has 2 heterocycles. The van der Waals surface area contributed by atoms with E-state index < -0.39 is 0 Å². The molecule has 0 atom stereocenters. The summed E-state index contributed by atoms with van der Waals surface area (Å²) < 4.78 is 3.39. The second kappa shape index (κ2) is 10.6. The third kappa shape index (κ3) is 4.47. The molecular weight excluding hydrogens is 638 g/mol. The number of fused-ring (bicyclic) bond motifs is 5. The summed E-state index contributed by atoms with van der Waals surface area (Å²) in [5.74, 6) is 0.702. The Bertz CT molecular complexity index is 2430. The van der Waals surface area contributed by atoms with E-state index in [1.54, 1.807) is 0 Å². The number of hydrogen-bond acceptors (Lipinski definition) is 2. The molecule has 9 rings (SSSR count). The molecule has 0 saturated carbocycles. The quantitative estimate of drug-likeness (QED) is 0.187. The van der Waals surface area contributed by atoms with Crippen molar-refractivity contribution in [2.45, 2.75) is 19.3 Å². The first kappa shape index (κ1) is 27.9. The Morgan fingerprint density at radius 1 is 0.638 bits per heavy atom. The summed E-state index contributed by atoms with van der Waals surface area (Å²) in [7, 11) is 0. The zero-order valence-corrected chi connectivity index (χ0v) is 27.7. The SMILES string of the molecule is CC1(C)C2=c3ccccc3=CC2=Cc2c(Br)c3ccn(-c4cccc(-c5nc(-c6ccccc6)cc(-c6ccccc6)n5)c4)cc-3c21. The molecule has 0 N–H and O–H groups in total. The zero-order chi connectivity index (χ0) is 31.7. The molecule has 0 radical (unpaired) electrons. The number of halogens is 1. The molecule has 0 amide bonds. The van der Waals surface area contributed by atoms with Crippen LogP contribution in [0.5, 0.6) is 0 Å². The third-order valence-electron chi connectivity index (χ3n) is 9.62. The number of rotatable bonds is 4. The molecular formula is C43H30BrN3. The van der Waals surface area contributed by atoms with E-state index in [1.807, 2.05) is 36.4 Å². The van der Waals surface area contributed by atoms with Crippen molar-refractivity contribution in [2.24, 2.45) is 0 Å². The fourth-order valence-electron chi connectivity index (χ4n) is 7.49. The lowest BCUT2D eigenvalue weighted by Gasteiger charge is -2.33. The Morgan fingerprint density at radius 2 is 1.30 bits per heavy atom. The number of hydrogen-bond donors (Lipinski definition) is 0. The third-order valence-corrected chi connectivity index (χ3v) is 10.5. The molecule has 0 bridgehead atoms. The van der Waals surface area contributed by atoms with Crippen molar-refractivity contribution < 1.29 is 0 Å². The lowest BCUT2D eigenvalue weighted by Crippen LogP contribution is -2.31. The van der Waals surface area contributed by atoms with Crippen LogP contribution in [0.4, 0.5) is 0 Å². The molecule has 0 saturated heterocycles. The highest BCUT2D eigenvalue weighted by Crippen LogP contribution is 2.54. The highest BCUT2D eigenvalue weighted by Gasteiger charge is 2.40. The average molecular weight is 669 g/mol. The van der Waals surface area contributed by atoms with Gasteiger partial charge in [0.15, 0.2) is 5.82 Å². The monoisotopic (exact) mass is 667 g/mol. The van der Waals surface area contributed by atoms with Gasteiger partial charge in [0.05, 0.1) is 11.4 Å². The van der Waals surface area contributed by atoms with Crippen LogP contribution in [0.2, 0.25) is 0 Å². The van der Waals surface area contributed by atoms with Gasteiger partial charge in [0.1, 0.15) is 0 Å². The van der Waals surface area contributed by atoms with Crippen molar-refractivity contribution in [1.29, 1.82) is 0 Å². The predicted octanol–water partition coefficient (Wildman–Crippen LogP) is 9.46. The van der Waals surface area contributed by atoms with E-state index in [4.69, 9.17) is 9.97 Å². The summed E-state index contributed by atoms with van der Waals surface area (Å²) >= 11 is 4.00. The van der Waals surface area contributed by atoms with E-state index in [0.717, 1.165) is 38.2 Å². The number of allylic oxidation sites excluding steroid dienone is 1. The zero-order valence-electron chi connectivity index (χ0n) is 26.1. The van der Waals surface area contributed by atoms with Crippen LogP contribution in [0.15, 0.2) is 144 Å². The second-order valence-corrected chi connectivity index (χ2v) is 13.7. The van der Waals surface area contributed by atoms with Crippen molar-refractivity contribution >= 4 is 33.7 Å². The topological polar surface area (TPSA) is 30.7 Å². The smallest absolute Gasteiger partial charge is 0.160 e. The van der Waals surface area contributed by atoms with Gasteiger partial charge < -0.3 is 4.57 Å². The molecule has 0 fully saturated rings. The first-order valence-electron chi connectivity index (χ1n) is 15.9. The first-order valence-corrected chi connectivity index (χ1v) is 16.7. The molecule has 224 valence electrons. The van der Waals surface area contributed by atoms with Gasteiger partial charge in [-0.1, -0.05) is 111 Å². The maximum Gasteiger partial charge on any atom is 0.160 e. The van der Waals surface area contributed by atoms with Crippen molar-refractivity contribution in [1.82, 2.24) is 14.5 Å². The largest absolute Gasteiger partial charge is 0.323 e. The van der Waals surface area contributed by atoms with Gasteiger partial charge in [0.25, 0.3) is 0 Å². The average Bonchev–Trinajstić information content (AvgIpc) is 3.64. The summed E-state index contributed by atoms with van der Waals surface area (Å²) in [4.78, 5) is 10.1. The van der Waals surface area contributed by atoms with Gasteiger partial charge in [0, 0.05) is 50.2 Å². The van der Waals surface area contributed by atoms with Crippen molar-refractivity contribution in [3.05, 3.63) is 165 Å². The van der Waals surface area contributed by atoms with E-state index in [-0.39, 0.29) is 5.41 Å². The fraction of sp³-hybridized carbons (Fsp3) is 0.0698. The van der Waals surface area contributed by atoms with E-state index in [2.05, 4.69) is 144 Å². The van der Waals surface area contributed by atoms with E-state index in [9.17, 15) is 0 Å². The van der Waals surface area contributed by atoms with Crippen LogP contribution >= 0.6 is 15.9 Å². The molecule has 0 unspecified atom stereocenters. The van der Waals surface area contributed by atoms with Crippen LogP contribution in [0.3, 0.4) is 0 Å². The normalized spacial score (nSPS) is 14.3. The van der Waals surface area contributed by atoms with Crippen molar-refractivity contribution in [3.63, 3.8) is 0 Å². The maximum absolute atomic E-state index is 5.07. The number of aromatic nitrogens is 3. The summed E-state index contributed by atoms with van der Waals surface area (Å²) in [5.41, 5.74) is 13.6. The Hall–Kier alpha value is -5.32. The molecule has 1 aliphatic heterocycles. The summed E-state index contributed by atoms with van der Waals surface area (Å²) in [5, 5.41) is 2.64. The standard InChI is InChI=1S/C43H30BrN3/c1-43(2)39-31(22-29-16-9-10-19-33(29)39)24-35-40(43)36-26-47(21-20-34(36)41(35)44)32-18-11-17-30(23-32)42-45-37(27-12-5-3-6-13-27)25-38(46-42)28-14-7-4-8-15-28/h3-26H,1-2H3. The Morgan fingerprint density at radius 3 is 2.02 bits per heavy atom. The van der Waals surface area contributed by atoms with E-state index in [1.165, 1.54) is 43.8 Å². The molecule has 4 aliphatic rings. The van der Waals surface area contributed by atoms with Crippen molar-refractivity contribution in [3.8, 4) is 50.7 Å². The minimum Gasteiger partial charge on any atom is -0.323 e. The summed E-state index contributed by atoms with van der Waals surface area (Å²) in [6.45, 7) is 4.74. The fourth-order valence-corrected chi connectivity index (χ4v) is 8.15. The minimum absolute atomic E-state index is 0.173. The van der Waals surface area contributed by atoms with Gasteiger partial charge in [-0.25, -0.2) is 9.97 Å². The molecule has 4 aromatic carbocycles. The van der Waals surface area contributed by atoms with Crippen LogP contribution in [0.1, 0.15) is 25.0 Å². The van der Waals surface area contributed by atoms with Gasteiger partial charge in [0.2, 0.25) is 0 Å². The van der Waals surface area contributed by atoms with Crippen LogP contribution in [0.25, 0.3) is 68.4 Å². The first-order chi connectivity index (χ1) is 23.0. The molecule has 0 spiro atoms. The van der Waals surface area contributed by atoms with Gasteiger partial charge in [-0.2, -0.15) is 0 Å². The highest BCUT2D eigenvalue weighted by atomic mass is 79.9. The van der Waals surface area contributed by atoms with Crippen LogP contribution in [-0.4, -0.2) is 14.5 Å². The van der Waals surface area contributed by atoms with Crippen LogP contribution in [-0.2, 0) is 5.41 Å². The van der Waals surface area contributed by atoms with E-state index in [0.29, 0.717) is 5.82 Å². The van der Waals surface area contributed by atoms with Crippen LogP contribution in [0, 0.1) is 0 Å².